The van der Waals surface area contributed by atoms with Crippen LogP contribution in [0.3, 0.4) is 0 Å². The van der Waals surface area contributed by atoms with Crippen LogP contribution in [0.15, 0.2) is 55.0 Å². The summed E-state index contributed by atoms with van der Waals surface area (Å²) in [5.41, 5.74) is 8.76. The Morgan fingerprint density at radius 3 is 2.83 bits per heavy atom. The lowest BCUT2D eigenvalue weighted by Gasteiger charge is -2.35. The molecule has 2 amide bonds. The molecule has 2 aromatic heterocycles. The van der Waals surface area contributed by atoms with E-state index in [1.54, 1.807) is 40.0 Å². The number of hydrogen-bond donors (Lipinski definition) is 1. The van der Waals surface area contributed by atoms with E-state index in [2.05, 4.69) is 4.98 Å². The first-order chi connectivity index (χ1) is 11.6. The van der Waals surface area contributed by atoms with Crippen molar-refractivity contribution in [3.8, 4) is 0 Å². The van der Waals surface area contributed by atoms with Crippen molar-refractivity contribution in [2.45, 2.75) is 12.5 Å². The number of rotatable bonds is 2. The molecule has 0 spiro atoms. The maximum Gasteiger partial charge on any atom is 0.256 e. The average Bonchev–Trinajstić information content (AvgIpc) is 3.07. The normalized spacial score (nSPS) is 16.8. The fraction of sp³-hybridized carbons (Fsp3) is 0.167. The summed E-state index contributed by atoms with van der Waals surface area (Å²) in [6.07, 6.45) is 5.89. The molecule has 6 nitrogen and oxygen atoms in total. The molecule has 0 saturated heterocycles. The smallest absolute Gasteiger partial charge is 0.256 e. The predicted octanol–water partition coefficient (Wildman–Crippen LogP) is 1.56. The number of nitrogens with zero attached hydrogens (tertiary/aromatic N) is 3. The third-order valence-corrected chi connectivity index (χ3v) is 4.45. The van der Waals surface area contributed by atoms with Gasteiger partial charge in [0.1, 0.15) is 11.7 Å². The standard InChI is InChI=1S/C18H16N4O2/c19-17(23)16-14-4-2-1-3-12(14)7-9-22(16)18(24)13-5-6-15-20-8-10-21(15)11-13/h1-6,8,10-11,16H,7,9H2,(H2,19,23). The Hall–Kier alpha value is -3.15. The zero-order chi connectivity index (χ0) is 16.7. The summed E-state index contributed by atoms with van der Waals surface area (Å²) in [7, 11) is 0. The predicted molar refractivity (Wildman–Crippen MR) is 88.3 cm³/mol. The summed E-state index contributed by atoms with van der Waals surface area (Å²) in [6.45, 7) is 0.464. The quantitative estimate of drug-likeness (QED) is 0.778. The summed E-state index contributed by atoms with van der Waals surface area (Å²) in [5, 5.41) is 0. The Kier molecular flexibility index (Phi) is 3.30. The van der Waals surface area contributed by atoms with Crippen molar-refractivity contribution in [2.24, 2.45) is 5.73 Å². The van der Waals surface area contributed by atoms with Gasteiger partial charge in [0.25, 0.3) is 5.91 Å². The number of fused-ring (bicyclic) bond motifs is 2. The van der Waals surface area contributed by atoms with Crippen LogP contribution in [0.2, 0.25) is 0 Å². The van der Waals surface area contributed by atoms with Gasteiger partial charge in [0.2, 0.25) is 5.91 Å². The number of nitrogens with two attached hydrogens (primary N) is 1. The Bertz CT molecular complexity index is 947. The maximum atomic E-state index is 13.0. The molecule has 1 unspecified atom stereocenters. The number of carbonyl (C=O) groups is 2. The Morgan fingerprint density at radius 1 is 1.17 bits per heavy atom. The molecule has 0 bridgehead atoms. The van der Waals surface area contributed by atoms with E-state index < -0.39 is 11.9 Å². The van der Waals surface area contributed by atoms with Gasteiger partial charge >= 0.3 is 0 Å². The van der Waals surface area contributed by atoms with Crippen molar-refractivity contribution in [3.05, 3.63) is 71.7 Å². The van der Waals surface area contributed by atoms with Crippen molar-refractivity contribution in [1.29, 1.82) is 0 Å². The van der Waals surface area contributed by atoms with Crippen LogP contribution in [0.1, 0.15) is 27.5 Å². The Morgan fingerprint density at radius 2 is 2.00 bits per heavy atom. The first-order valence-electron chi connectivity index (χ1n) is 7.76. The van der Waals surface area contributed by atoms with E-state index in [1.807, 2.05) is 24.3 Å². The van der Waals surface area contributed by atoms with Gasteiger partial charge in [-0.15, -0.1) is 0 Å². The lowest BCUT2D eigenvalue weighted by molar-refractivity contribution is -0.123. The minimum absolute atomic E-state index is 0.205. The monoisotopic (exact) mass is 320 g/mol. The molecule has 0 aliphatic carbocycles. The first kappa shape index (κ1) is 14.4. The van der Waals surface area contributed by atoms with Gasteiger partial charge in [-0.2, -0.15) is 0 Å². The van der Waals surface area contributed by atoms with Gasteiger partial charge in [-0.25, -0.2) is 4.98 Å². The van der Waals surface area contributed by atoms with Crippen molar-refractivity contribution < 1.29 is 9.59 Å². The number of primary amides is 1. The van der Waals surface area contributed by atoms with Crippen LogP contribution in [0, 0.1) is 0 Å². The number of imidazole rings is 1. The van der Waals surface area contributed by atoms with E-state index in [0.717, 1.165) is 16.8 Å². The van der Waals surface area contributed by atoms with E-state index >= 15 is 0 Å². The lowest BCUT2D eigenvalue weighted by Crippen LogP contribution is -2.45. The second kappa shape index (κ2) is 5.49. The average molecular weight is 320 g/mol. The van der Waals surface area contributed by atoms with E-state index in [-0.39, 0.29) is 5.91 Å². The topological polar surface area (TPSA) is 80.7 Å². The minimum atomic E-state index is -0.735. The molecule has 1 aromatic carbocycles. The number of pyridine rings is 1. The SMILES string of the molecule is NC(=O)C1c2ccccc2CCN1C(=O)c1ccc2nccn2c1. The molecule has 0 radical (unpaired) electrons. The molecule has 4 rings (SSSR count). The molecule has 1 atom stereocenters. The van der Waals surface area contributed by atoms with Gasteiger partial charge in [-0.1, -0.05) is 24.3 Å². The maximum absolute atomic E-state index is 13.0. The van der Waals surface area contributed by atoms with E-state index in [1.165, 1.54) is 0 Å². The van der Waals surface area contributed by atoms with E-state index in [0.29, 0.717) is 18.5 Å². The molecule has 24 heavy (non-hydrogen) atoms. The second-order valence-electron chi connectivity index (χ2n) is 5.86. The summed E-state index contributed by atoms with van der Waals surface area (Å²) in [4.78, 5) is 30.7. The van der Waals surface area contributed by atoms with Crippen molar-refractivity contribution in [3.63, 3.8) is 0 Å². The largest absolute Gasteiger partial charge is 0.368 e. The molecular weight excluding hydrogens is 304 g/mol. The molecule has 3 aromatic rings. The van der Waals surface area contributed by atoms with Crippen molar-refractivity contribution in [2.75, 3.05) is 6.54 Å². The van der Waals surface area contributed by atoms with Crippen LogP contribution in [0.4, 0.5) is 0 Å². The third kappa shape index (κ3) is 2.23. The van der Waals surface area contributed by atoms with Crippen LogP contribution >= 0.6 is 0 Å². The minimum Gasteiger partial charge on any atom is -0.368 e. The van der Waals surface area contributed by atoms with Crippen LogP contribution in [-0.2, 0) is 11.2 Å². The molecule has 0 fully saturated rings. The Labute approximate surface area is 138 Å². The number of benzene rings is 1. The zero-order valence-corrected chi connectivity index (χ0v) is 12.9. The molecule has 6 heteroatoms. The van der Waals surface area contributed by atoms with Gasteiger partial charge in [0, 0.05) is 25.1 Å². The van der Waals surface area contributed by atoms with Gasteiger partial charge < -0.3 is 15.0 Å². The van der Waals surface area contributed by atoms with Crippen LogP contribution < -0.4 is 5.73 Å². The van der Waals surface area contributed by atoms with Gasteiger partial charge in [-0.05, 0) is 29.7 Å². The number of carbonyl (C=O) groups excluding carboxylic acids is 2. The summed E-state index contributed by atoms with van der Waals surface area (Å²) < 4.78 is 1.78. The van der Waals surface area contributed by atoms with Gasteiger partial charge in [0.05, 0.1) is 5.56 Å². The first-order valence-corrected chi connectivity index (χ1v) is 7.76. The molecule has 1 aliphatic heterocycles. The van der Waals surface area contributed by atoms with Crippen LogP contribution in [0.25, 0.3) is 5.65 Å². The lowest BCUT2D eigenvalue weighted by atomic mass is 9.91. The highest BCUT2D eigenvalue weighted by molar-refractivity contribution is 5.98. The van der Waals surface area contributed by atoms with E-state index in [9.17, 15) is 9.59 Å². The molecule has 0 saturated carbocycles. The van der Waals surface area contributed by atoms with Gasteiger partial charge in [0.15, 0.2) is 0 Å². The zero-order valence-electron chi connectivity index (χ0n) is 12.9. The highest BCUT2D eigenvalue weighted by atomic mass is 16.2. The van der Waals surface area contributed by atoms with Crippen molar-refractivity contribution in [1.82, 2.24) is 14.3 Å². The van der Waals surface area contributed by atoms with Crippen LogP contribution in [-0.4, -0.2) is 32.6 Å². The molecule has 2 N–H and O–H groups in total. The number of hydrogen-bond acceptors (Lipinski definition) is 3. The van der Waals surface area contributed by atoms with Crippen LogP contribution in [0.5, 0.6) is 0 Å². The fourth-order valence-corrected chi connectivity index (χ4v) is 3.30. The summed E-state index contributed by atoms with van der Waals surface area (Å²) in [5.74, 6) is -0.719. The summed E-state index contributed by atoms with van der Waals surface area (Å²) >= 11 is 0. The second-order valence-corrected chi connectivity index (χ2v) is 5.86. The number of aromatic nitrogens is 2. The summed E-state index contributed by atoms with van der Waals surface area (Å²) in [6, 6.07) is 10.4. The third-order valence-electron chi connectivity index (χ3n) is 4.45. The highest BCUT2D eigenvalue weighted by Gasteiger charge is 2.34. The van der Waals surface area contributed by atoms with Gasteiger partial charge in [-0.3, -0.25) is 9.59 Å². The highest BCUT2D eigenvalue weighted by Crippen LogP contribution is 2.30. The van der Waals surface area contributed by atoms with Crippen molar-refractivity contribution >= 4 is 17.5 Å². The van der Waals surface area contributed by atoms with E-state index in [4.69, 9.17) is 5.73 Å². The number of amides is 2. The molecule has 3 heterocycles. The molecular formula is C18H16N4O2. The molecule has 1 aliphatic rings. The molecule has 120 valence electrons. The fourth-order valence-electron chi connectivity index (χ4n) is 3.30. The Balaban J connectivity index is 1.74.